The first-order valence-corrected chi connectivity index (χ1v) is 8.44. The van der Waals surface area contributed by atoms with Crippen LogP contribution in [0.25, 0.3) is 11.1 Å². The normalized spacial score (nSPS) is 13.2. The molecule has 3 rings (SSSR count). The van der Waals surface area contributed by atoms with E-state index in [1.54, 1.807) is 37.5 Å². The van der Waals surface area contributed by atoms with Crippen molar-refractivity contribution in [2.45, 2.75) is 26.0 Å². The number of amides is 1. The predicted molar refractivity (Wildman–Crippen MR) is 96.9 cm³/mol. The molecule has 0 saturated carbocycles. The van der Waals surface area contributed by atoms with Gasteiger partial charge in [-0.25, -0.2) is 8.78 Å². The van der Waals surface area contributed by atoms with E-state index in [1.165, 1.54) is 13.0 Å². The SMILES string of the molecule is CC(NC(=O)c1ccc(-c2cn[nH]c2)c([C@@H](C)O)c1)c1c(F)cccc1F. The molecule has 27 heavy (non-hydrogen) atoms. The maximum atomic E-state index is 13.9. The zero-order valence-corrected chi connectivity index (χ0v) is 14.8. The Morgan fingerprint density at radius 3 is 2.48 bits per heavy atom. The summed E-state index contributed by atoms with van der Waals surface area (Å²) in [5, 5.41) is 19.3. The van der Waals surface area contributed by atoms with Crippen LogP contribution in [0, 0.1) is 11.6 Å². The molecule has 0 aliphatic carbocycles. The summed E-state index contributed by atoms with van der Waals surface area (Å²) in [4.78, 5) is 12.6. The van der Waals surface area contributed by atoms with Gasteiger partial charge in [-0.3, -0.25) is 9.89 Å². The van der Waals surface area contributed by atoms with Gasteiger partial charge in [0, 0.05) is 22.9 Å². The molecule has 0 saturated heterocycles. The first-order chi connectivity index (χ1) is 12.9. The van der Waals surface area contributed by atoms with Gasteiger partial charge in [-0.05, 0) is 49.2 Å². The minimum absolute atomic E-state index is 0.198. The first kappa shape index (κ1) is 18.7. The average Bonchev–Trinajstić information content (AvgIpc) is 3.15. The molecular formula is C20H19F2N3O2. The van der Waals surface area contributed by atoms with Crippen molar-refractivity contribution < 1.29 is 18.7 Å². The van der Waals surface area contributed by atoms with Crippen LogP contribution in [0.5, 0.6) is 0 Å². The van der Waals surface area contributed by atoms with E-state index in [9.17, 15) is 18.7 Å². The van der Waals surface area contributed by atoms with Crippen LogP contribution in [0.2, 0.25) is 0 Å². The number of aliphatic hydroxyl groups excluding tert-OH is 1. The van der Waals surface area contributed by atoms with Crippen LogP contribution in [0.4, 0.5) is 8.78 Å². The van der Waals surface area contributed by atoms with Gasteiger partial charge in [0.15, 0.2) is 0 Å². The van der Waals surface area contributed by atoms with Gasteiger partial charge in [0.05, 0.1) is 18.3 Å². The summed E-state index contributed by atoms with van der Waals surface area (Å²) < 4.78 is 27.8. The lowest BCUT2D eigenvalue weighted by atomic mass is 9.96. The highest BCUT2D eigenvalue weighted by Crippen LogP contribution is 2.29. The summed E-state index contributed by atoms with van der Waals surface area (Å²) in [6.07, 6.45) is 2.48. The number of halogens is 2. The molecule has 7 heteroatoms. The van der Waals surface area contributed by atoms with Gasteiger partial charge < -0.3 is 10.4 Å². The van der Waals surface area contributed by atoms with E-state index in [0.29, 0.717) is 5.56 Å². The maximum Gasteiger partial charge on any atom is 0.251 e. The van der Waals surface area contributed by atoms with Crippen molar-refractivity contribution in [3.63, 3.8) is 0 Å². The number of carbonyl (C=O) groups excluding carboxylic acids is 1. The Balaban J connectivity index is 1.88. The Morgan fingerprint density at radius 2 is 1.89 bits per heavy atom. The van der Waals surface area contributed by atoms with Crippen molar-refractivity contribution in [1.82, 2.24) is 15.5 Å². The number of aromatic amines is 1. The molecule has 0 aliphatic rings. The third-order valence-corrected chi connectivity index (χ3v) is 4.35. The van der Waals surface area contributed by atoms with Crippen LogP contribution in [0.15, 0.2) is 48.8 Å². The molecular weight excluding hydrogens is 352 g/mol. The topological polar surface area (TPSA) is 78.0 Å². The molecule has 0 aliphatic heterocycles. The number of H-pyrrole nitrogens is 1. The molecule has 0 spiro atoms. The smallest absolute Gasteiger partial charge is 0.251 e. The summed E-state index contributed by atoms with van der Waals surface area (Å²) in [5.74, 6) is -1.93. The molecule has 5 nitrogen and oxygen atoms in total. The monoisotopic (exact) mass is 371 g/mol. The second kappa shape index (κ2) is 7.67. The van der Waals surface area contributed by atoms with E-state index in [4.69, 9.17) is 0 Å². The number of benzene rings is 2. The molecule has 2 aromatic carbocycles. The fraction of sp³-hybridized carbons (Fsp3) is 0.200. The standard InChI is InChI=1S/C20H19F2N3O2/c1-11(19-17(21)4-3-5-18(19)22)25-20(27)13-6-7-15(14-9-23-24-10-14)16(8-13)12(2)26/h3-12,26H,1-2H3,(H,23,24)(H,25,27)/t11?,12-/m1/s1. The molecule has 1 heterocycles. The van der Waals surface area contributed by atoms with Crippen LogP contribution < -0.4 is 5.32 Å². The third kappa shape index (κ3) is 3.88. The minimum Gasteiger partial charge on any atom is -0.389 e. The van der Waals surface area contributed by atoms with Crippen LogP contribution in [0.3, 0.4) is 0 Å². The van der Waals surface area contributed by atoms with Gasteiger partial charge >= 0.3 is 0 Å². The molecule has 1 amide bonds. The number of hydrogen-bond acceptors (Lipinski definition) is 3. The second-order valence-corrected chi connectivity index (χ2v) is 6.30. The Hall–Kier alpha value is -3.06. The quantitative estimate of drug-likeness (QED) is 0.637. The molecule has 1 unspecified atom stereocenters. The predicted octanol–water partition coefficient (Wildman–Crippen LogP) is 3.90. The fourth-order valence-corrected chi connectivity index (χ4v) is 2.99. The van der Waals surface area contributed by atoms with Gasteiger partial charge in [-0.15, -0.1) is 0 Å². The summed E-state index contributed by atoms with van der Waals surface area (Å²) in [6.45, 7) is 3.10. The fourth-order valence-electron chi connectivity index (χ4n) is 2.99. The molecule has 2 atom stereocenters. The highest BCUT2D eigenvalue weighted by molar-refractivity contribution is 5.95. The summed E-state index contributed by atoms with van der Waals surface area (Å²) in [7, 11) is 0. The Bertz CT molecular complexity index is 936. The summed E-state index contributed by atoms with van der Waals surface area (Å²) in [6, 6.07) is 7.56. The number of carbonyl (C=O) groups is 1. The average molecular weight is 371 g/mol. The van der Waals surface area contributed by atoms with Crippen molar-refractivity contribution in [3.8, 4) is 11.1 Å². The molecule has 0 fully saturated rings. The van der Waals surface area contributed by atoms with Gasteiger partial charge in [0.2, 0.25) is 0 Å². The lowest BCUT2D eigenvalue weighted by molar-refractivity contribution is 0.0938. The Kier molecular flexibility index (Phi) is 5.32. The van der Waals surface area contributed by atoms with Gasteiger partial charge in [-0.2, -0.15) is 5.10 Å². The molecule has 1 aromatic heterocycles. The van der Waals surface area contributed by atoms with E-state index < -0.39 is 29.7 Å². The van der Waals surface area contributed by atoms with Crippen molar-refractivity contribution in [1.29, 1.82) is 0 Å². The van der Waals surface area contributed by atoms with Crippen molar-refractivity contribution in [3.05, 3.63) is 77.1 Å². The van der Waals surface area contributed by atoms with Crippen LogP contribution >= 0.6 is 0 Å². The first-order valence-electron chi connectivity index (χ1n) is 8.44. The van der Waals surface area contributed by atoms with E-state index in [1.807, 2.05) is 0 Å². The molecule has 0 bridgehead atoms. The maximum absolute atomic E-state index is 13.9. The Morgan fingerprint density at radius 1 is 1.19 bits per heavy atom. The second-order valence-electron chi connectivity index (χ2n) is 6.30. The Labute approximate surface area is 155 Å². The number of aromatic nitrogens is 2. The largest absolute Gasteiger partial charge is 0.389 e. The van der Waals surface area contributed by atoms with E-state index in [2.05, 4.69) is 15.5 Å². The van der Waals surface area contributed by atoms with Crippen LogP contribution in [-0.4, -0.2) is 21.2 Å². The number of rotatable bonds is 5. The van der Waals surface area contributed by atoms with Gasteiger partial charge in [0.1, 0.15) is 11.6 Å². The highest BCUT2D eigenvalue weighted by Gasteiger charge is 2.20. The van der Waals surface area contributed by atoms with Gasteiger partial charge in [-0.1, -0.05) is 12.1 Å². The number of nitrogens with zero attached hydrogens (tertiary/aromatic N) is 1. The van der Waals surface area contributed by atoms with E-state index in [-0.39, 0.29) is 11.1 Å². The van der Waals surface area contributed by atoms with Crippen LogP contribution in [-0.2, 0) is 0 Å². The number of aliphatic hydroxyl groups is 1. The van der Waals surface area contributed by atoms with E-state index in [0.717, 1.165) is 23.3 Å². The highest BCUT2D eigenvalue weighted by atomic mass is 19.1. The van der Waals surface area contributed by atoms with Gasteiger partial charge in [0.25, 0.3) is 5.91 Å². The molecule has 3 aromatic rings. The van der Waals surface area contributed by atoms with Crippen molar-refractivity contribution >= 4 is 5.91 Å². The lowest BCUT2D eigenvalue weighted by Gasteiger charge is -2.17. The summed E-state index contributed by atoms with van der Waals surface area (Å²) >= 11 is 0. The van der Waals surface area contributed by atoms with Crippen LogP contribution in [0.1, 0.15) is 47.5 Å². The van der Waals surface area contributed by atoms with Crippen molar-refractivity contribution in [2.24, 2.45) is 0 Å². The van der Waals surface area contributed by atoms with Crippen molar-refractivity contribution in [2.75, 3.05) is 0 Å². The number of hydrogen-bond donors (Lipinski definition) is 3. The zero-order valence-electron chi connectivity index (χ0n) is 14.8. The number of nitrogens with one attached hydrogen (secondary N) is 2. The van der Waals surface area contributed by atoms with E-state index >= 15 is 0 Å². The molecule has 140 valence electrons. The summed E-state index contributed by atoms with van der Waals surface area (Å²) in [5.41, 5.74) is 2.15. The minimum atomic E-state index is -0.859. The molecule has 3 N–H and O–H groups in total. The lowest BCUT2D eigenvalue weighted by Crippen LogP contribution is -2.28. The zero-order chi connectivity index (χ0) is 19.6. The third-order valence-electron chi connectivity index (χ3n) is 4.35. The molecule has 0 radical (unpaired) electrons.